The van der Waals surface area contributed by atoms with Crippen molar-refractivity contribution in [3.8, 4) is 11.5 Å². The molecule has 2 aromatic rings. The first-order valence-electron chi connectivity index (χ1n) is 7.40. The molecule has 0 radical (unpaired) electrons. The smallest absolute Gasteiger partial charge is 0.233 e. The van der Waals surface area contributed by atoms with Gasteiger partial charge in [0.1, 0.15) is 5.69 Å². The molecule has 5 nitrogen and oxygen atoms in total. The zero-order chi connectivity index (χ0) is 14.7. The van der Waals surface area contributed by atoms with Gasteiger partial charge in [0.15, 0.2) is 0 Å². The fourth-order valence-electron chi connectivity index (χ4n) is 3.01. The predicted molar refractivity (Wildman–Crippen MR) is 83.9 cm³/mol. The minimum Gasteiger partial charge on any atom is -0.338 e. The van der Waals surface area contributed by atoms with Crippen LogP contribution in [0.1, 0.15) is 38.5 Å². The van der Waals surface area contributed by atoms with Crippen LogP contribution < -0.4 is 5.32 Å². The number of aromatic nitrogens is 3. The monoisotopic (exact) mass is 350 g/mol. The molecular formula is C15H19BrN4O. The van der Waals surface area contributed by atoms with Gasteiger partial charge < -0.3 is 9.84 Å². The Hall–Kier alpha value is -1.27. The van der Waals surface area contributed by atoms with Gasteiger partial charge in [-0.1, -0.05) is 18.5 Å². The number of nitrogens with one attached hydrogen (secondary N) is 1. The van der Waals surface area contributed by atoms with Gasteiger partial charge in [0.2, 0.25) is 11.7 Å². The molecule has 2 aromatic heterocycles. The average Bonchev–Trinajstić information content (AvgIpc) is 3.00. The molecule has 1 aliphatic rings. The molecule has 0 aromatic carbocycles. The van der Waals surface area contributed by atoms with Crippen LogP contribution in [-0.2, 0) is 5.41 Å². The number of rotatable bonds is 4. The third-order valence-corrected chi connectivity index (χ3v) is 4.59. The summed E-state index contributed by atoms with van der Waals surface area (Å²) in [6.07, 6.45) is 6.06. The van der Waals surface area contributed by atoms with Crippen molar-refractivity contribution in [2.24, 2.45) is 0 Å². The van der Waals surface area contributed by atoms with E-state index in [0.717, 1.165) is 54.8 Å². The van der Waals surface area contributed by atoms with E-state index in [9.17, 15) is 0 Å². The van der Waals surface area contributed by atoms with E-state index >= 15 is 0 Å². The van der Waals surface area contributed by atoms with Crippen molar-refractivity contribution in [3.63, 3.8) is 0 Å². The molecule has 0 saturated carbocycles. The Kier molecular flexibility index (Phi) is 4.35. The standard InChI is InChI=1S/C15H19BrN4O/c1-2-5-15(6-8-17-9-7-15)14-19-13(20-21-14)12-4-3-11(16)10-18-12/h3-4,10,17H,2,5-9H2,1H3. The third-order valence-electron chi connectivity index (χ3n) is 4.13. The Labute approximate surface area is 132 Å². The van der Waals surface area contributed by atoms with Crippen LogP contribution in [0, 0.1) is 0 Å². The predicted octanol–water partition coefficient (Wildman–Crippen LogP) is 3.32. The van der Waals surface area contributed by atoms with E-state index in [1.165, 1.54) is 0 Å². The molecule has 6 heteroatoms. The normalized spacial score (nSPS) is 17.8. The van der Waals surface area contributed by atoms with E-state index in [4.69, 9.17) is 4.52 Å². The van der Waals surface area contributed by atoms with Crippen molar-refractivity contribution in [2.75, 3.05) is 13.1 Å². The fraction of sp³-hybridized carbons (Fsp3) is 0.533. The summed E-state index contributed by atoms with van der Waals surface area (Å²) in [6, 6.07) is 3.83. The van der Waals surface area contributed by atoms with Crippen molar-refractivity contribution in [1.82, 2.24) is 20.4 Å². The number of hydrogen-bond donors (Lipinski definition) is 1. The second kappa shape index (κ2) is 6.23. The van der Waals surface area contributed by atoms with E-state index < -0.39 is 0 Å². The summed E-state index contributed by atoms with van der Waals surface area (Å²) in [5.74, 6) is 1.34. The Balaban J connectivity index is 1.90. The molecule has 0 unspecified atom stereocenters. The van der Waals surface area contributed by atoms with Crippen molar-refractivity contribution in [3.05, 3.63) is 28.7 Å². The molecule has 112 valence electrons. The second-order valence-electron chi connectivity index (χ2n) is 5.57. The Morgan fingerprint density at radius 2 is 2.14 bits per heavy atom. The zero-order valence-corrected chi connectivity index (χ0v) is 13.7. The Morgan fingerprint density at radius 3 is 2.81 bits per heavy atom. The Morgan fingerprint density at radius 1 is 1.33 bits per heavy atom. The van der Waals surface area contributed by atoms with Gasteiger partial charge in [-0.15, -0.1) is 0 Å². The summed E-state index contributed by atoms with van der Waals surface area (Å²) >= 11 is 3.38. The molecule has 0 spiro atoms. The molecule has 1 aliphatic heterocycles. The molecule has 1 saturated heterocycles. The molecule has 21 heavy (non-hydrogen) atoms. The summed E-state index contributed by atoms with van der Waals surface area (Å²) in [6.45, 7) is 4.22. The summed E-state index contributed by atoms with van der Waals surface area (Å²) in [5, 5.41) is 7.54. The molecule has 3 rings (SSSR count). The maximum atomic E-state index is 5.60. The molecular weight excluding hydrogens is 332 g/mol. The molecule has 3 heterocycles. The lowest BCUT2D eigenvalue weighted by atomic mass is 9.75. The first kappa shape index (κ1) is 14.7. The molecule has 0 atom stereocenters. The van der Waals surface area contributed by atoms with E-state index in [0.29, 0.717) is 5.82 Å². The van der Waals surface area contributed by atoms with Crippen LogP contribution >= 0.6 is 15.9 Å². The lowest BCUT2D eigenvalue weighted by molar-refractivity contribution is 0.208. The van der Waals surface area contributed by atoms with E-state index in [1.807, 2.05) is 12.1 Å². The molecule has 0 amide bonds. The first-order valence-corrected chi connectivity index (χ1v) is 8.20. The highest BCUT2D eigenvalue weighted by atomic mass is 79.9. The topological polar surface area (TPSA) is 63.8 Å². The lowest BCUT2D eigenvalue weighted by Crippen LogP contribution is -2.40. The van der Waals surface area contributed by atoms with Crippen LogP contribution in [0.2, 0.25) is 0 Å². The molecule has 0 aliphatic carbocycles. The SMILES string of the molecule is CCCC1(c2nc(-c3ccc(Br)cn3)no2)CCNCC1. The van der Waals surface area contributed by atoms with Crippen LogP contribution in [-0.4, -0.2) is 28.2 Å². The highest BCUT2D eigenvalue weighted by Crippen LogP contribution is 2.37. The van der Waals surface area contributed by atoms with Gasteiger partial charge in [0.25, 0.3) is 0 Å². The van der Waals surface area contributed by atoms with Crippen LogP contribution in [0.3, 0.4) is 0 Å². The summed E-state index contributed by atoms with van der Waals surface area (Å²) in [5.41, 5.74) is 0.773. The maximum Gasteiger partial charge on any atom is 0.233 e. The Bertz CT molecular complexity index is 584. The zero-order valence-electron chi connectivity index (χ0n) is 12.1. The number of nitrogens with zero attached hydrogens (tertiary/aromatic N) is 3. The van der Waals surface area contributed by atoms with Crippen LogP contribution in [0.5, 0.6) is 0 Å². The van der Waals surface area contributed by atoms with Gasteiger partial charge in [-0.05, 0) is 60.4 Å². The fourth-order valence-corrected chi connectivity index (χ4v) is 3.24. The average molecular weight is 351 g/mol. The van der Waals surface area contributed by atoms with E-state index in [1.54, 1.807) is 6.20 Å². The van der Waals surface area contributed by atoms with Crippen LogP contribution in [0.4, 0.5) is 0 Å². The van der Waals surface area contributed by atoms with Crippen LogP contribution in [0.25, 0.3) is 11.5 Å². The third kappa shape index (κ3) is 3.01. The summed E-state index contributed by atoms with van der Waals surface area (Å²) in [4.78, 5) is 8.97. The minimum atomic E-state index is 0.0284. The number of hydrogen-bond acceptors (Lipinski definition) is 5. The summed E-state index contributed by atoms with van der Waals surface area (Å²) < 4.78 is 6.54. The summed E-state index contributed by atoms with van der Waals surface area (Å²) in [7, 11) is 0. The minimum absolute atomic E-state index is 0.0284. The highest BCUT2D eigenvalue weighted by Gasteiger charge is 2.38. The van der Waals surface area contributed by atoms with Crippen molar-refractivity contribution >= 4 is 15.9 Å². The van der Waals surface area contributed by atoms with E-state index in [2.05, 4.69) is 43.3 Å². The van der Waals surface area contributed by atoms with Crippen molar-refractivity contribution in [1.29, 1.82) is 0 Å². The molecule has 1 N–H and O–H groups in total. The number of halogens is 1. The molecule has 0 bridgehead atoms. The maximum absolute atomic E-state index is 5.60. The van der Waals surface area contributed by atoms with Crippen molar-refractivity contribution in [2.45, 2.75) is 38.0 Å². The second-order valence-corrected chi connectivity index (χ2v) is 6.48. The van der Waals surface area contributed by atoms with Gasteiger partial charge in [-0.2, -0.15) is 4.98 Å². The molecule has 1 fully saturated rings. The highest BCUT2D eigenvalue weighted by molar-refractivity contribution is 9.10. The van der Waals surface area contributed by atoms with Gasteiger partial charge >= 0.3 is 0 Å². The van der Waals surface area contributed by atoms with Gasteiger partial charge in [0.05, 0.1) is 5.41 Å². The number of pyridine rings is 1. The van der Waals surface area contributed by atoms with Crippen molar-refractivity contribution < 1.29 is 4.52 Å². The lowest BCUT2D eigenvalue weighted by Gasteiger charge is -2.34. The quantitative estimate of drug-likeness (QED) is 0.916. The van der Waals surface area contributed by atoms with Gasteiger partial charge in [-0.3, -0.25) is 4.98 Å². The van der Waals surface area contributed by atoms with Gasteiger partial charge in [-0.25, -0.2) is 0 Å². The first-order chi connectivity index (χ1) is 10.2. The van der Waals surface area contributed by atoms with Gasteiger partial charge in [0, 0.05) is 10.7 Å². The number of piperidine rings is 1. The van der Waals surface area contributed by atoms with Crippen LogP contribution in [0.15, 0.2) is 27.3 Å². The van der Waals surface area contributed by atoms with E-state index in [-0.39, 0.29) is 5.41 Å². The largest absolute Gasteiger partial charge is 0.338 e.